The lowest BCUT2D eigenvalue weighted by atomic mass is 9.96. The summed E-state index contributed by atoms with van der Waals surface area (Å²) in [6.45, 7) is 0. The summed E-state index contributed by atoms with van der Waals surface area (Å²) in [5.74, 6) is 0. The third-order valence-corrected chi connectivity index (χ3v) is 9.13. The average molecular weight is 528 g/mol. The lowest BCUT2D eigenvalue weighted by Crippen LogP contribution is -1.95. The second-order valence-electron chi connectivity index (χ2n) is 10.1. The molecule has 2 aromatic heterocycles. The van der Waals surface area contributed by atoms with E-state index in [1.807, 2.05) is 11.3 Å². The van der Waals surface area contributed by atoms with Gasteiger partial charge in [0, 0.05) is 42.6 Å². The van der Waals surface area contributed by atoms with Gasteiger partial charge in [0.15, 0.2) is 0 Å². The second-order valence-corrected chi connectivity index (χ2v) is 11.2. The summed E-state index contributed by atoms with van der Waals surface area (Å²) >= 11 is 1.89. The largest absolute Gasteiger partial charge is 0.309 e. The van der Waals surface area contributed by atoms with Crippen LogP contribution in [0.2, 0.25) is 0 Å². The Hall–Kier alpha value is -4.92. The van der Waals surface area contributed by atoms with Crippen LogP contribution in [-0.2, 0) is 0 Å². The molecule has 0 amide bonds. The molecular weight excluding hydrogens is 502 g/mol. The molecule has 1 nitrogen and oxygen atoms in total. The van der Waals surface area contributed by atoms with Gasteiger partial charge in [0.2, 0.25) is 0 Å². The second kappa shape index (κ2) is 9.37. The molecule has 0 unspecified atom stereocenters. The number of nitrogens with zero attached hydrogens (tertiary/aromatic N) is 1. The van der Waals surface area contributed by atoms with Crippen LogP contribution in [0.1, 0.15) is 0 Å². The molecule has 0 spiro atoms. The molecule has 0 saturated heterocycles. The minimum Gasteiger partial charge on any atom is -0.309 e. The predicted molar refractivity (Wildman–Crippen MR) is 172 cm³/mol. The van der Waals surface area contributed by atoms with Gasteiger partial charge in [-0.15, -0.1) is 11.3 Å². The summed E-state index contributed by atoms with van der Waals surface area (Å²) < 4.78 is 2.41. The Labute approximate surface area is 237 Å². The normalized spacial score (nSPS) is 11.5. The smallest absolute Gasteiger partial charge is 0.0541 e. The van der Waals surface area contributed by atoms with E-state index in [1.54, 1.807) is 0 Å². The van der Waals surface area contributed by atoms with Crippen molar-refractivity contribution in [2.45, 2.75) is 0 Å². The summed E-state index contributed by atoms with van der Waals surface area (Å²) in [6.07, 6.45) is 0. The maximum absolute atomic E-state index is 2.41. The van der Waals surface area contributed by atoms with E-state index in [-0.39, 0.29) is 0 Å². The Morgan fingerprint density at radius 1 is 0.375 bits per heavy atom. The highest BCUT2D eigenvalue weighted by molar-refractivity contribution is 7.21. The standard InChI is InChI=1S/C38H25NS/c1-3-13-26(14-4-1)29-24-23-28(39-35-21-11-9-17-30(35)31-18-10-12-22-36(31)39)25-34(29)38-33-20-8-7-19-32(33)37(40-38)27-15-5-2-6-16-27/h1-25H. The molecule has 0 aliphatic rings. The molecule has 8 rings (SSSR count). The predicted octanol–water partition coefficient (Wildman–Crippen LogP) is 11.0. The Kier molecular flexibility index (Phi) is 5.39. The Bertz CT molecular complexity index is 2100. The summed E-state index contributed by atoms with van der Waals surface area (Å²) in [7, 11) is 0. The van der Waals surface area contributed by atoms with Gasteiger partial charge in [-0.3, -0.25) is 0 Å². The van der Waals surface area contributed by atoms with E-state index < -0.39 is 0 Å². The molecule has 8 aromatic rings. The number of rotatable bonds is 4. The van der Waals surface area contributed by atoms with Crippen molar-refractivity contribution in [3.05, 3.63) is 152 Å². The van der Waals surface area contributed by atoms with Gasteiger partial charge in [-0.05, 0) is 41.0 Å². The van der Waals surface area contributed by atoms with Crippen LogP contribution in [0.3, 0.4) is 0 Å². The van der Waals surface area contributed by atoms with E-state index in [9.17, 15) is 0 Å². The fraction of sp³-hybridized carbons (Fsp3) is 0. The molecular formula is C38H25NS. The van der Waals surface area contributed by atoms with Crippen LogP contribution in [-0.4, -0.2) is 4.57 Å². The molecule has 2 heteroatoms. The van der Waals surface area contributed by atoms with E-state index in [0.717, 1.165) is 0 Å². The molecule has 0 atom stereocenters. The van der Waals surface area contributed by atoms with Gasteiger partial charge in [-0.2, -0.15) is 0 Å². The first-order valence-electron chi connectivity index (χ1n) is 13.6. The summed E-state index contributed by atoms with van der Waals surface area (Å²) in [4.78, 5) is 2.61. The zero-order chi connectivity index (χ0) is 26.5. The van der Waals surface area contributed by atoms with Crippen LogP contribution in [0, 0.1) is 0 Å². The number of para-hydroxylation sites is 2. The third-order valence-electron chi connectivity index (χ3n) is 7.83. The molecule has 0 saturated carbocycles. The first-order chi connectivity index (χ1) is 19.9. The summed E-state index contributed by atoms with van der Waals surface area (Å²) in [5.41, 5.74) is 8.61. The monoisotopic (exact) mass is 527 g/mol. The fourth-order valence-electron chi connectivity index (χ4n) is 6.02. The highest BCUT2D eigenvalue weighted by Crippen LogP contribution is 2.47. The molecule has 2 heterocycles. The number of aromatic nitrogens is 1. The molecule has 0 bridgehead atoms. The van der Waals surface area contributed by atoms with Gasteiger partial charge in [-0.25, -0.2) is 0 Å². The van der Waals surface area contributed by atoms with Crippen molar-refractivity contribution in [1.29, 1.82) is 0 Å². The number of hydrogen-bond donors (Lipinski definition) is 0. The molecule has 6 aromatic carbocycles. The molecule has 188 valence electrons. The number of benzene rings is 6. The van der Waals surface area contributed by atoms with Crippen molar-refractivity contribution in [3.8, 4) is 37.7 Å². The van der Waals surface area contributed by atoms with Crippen molar-refractivity contribution in [1.82, 2.24) is 4.57 Å². The van der Waals surface area contributed by atoms with Crippen molar-refractivity contribution in [3.63, 3.8) is 0 Å². The molecule has 0 fully saturated rings. The zero-order valence-electron chi connectivity index (χ0n) is 21.8. The van der Waals surface area contributed by atoms with Crippen LogP contribution in [0.5, 0.6) is 0 Å². The first-order valence-corrected chi connectivity index (χ1v) is 14.4. The molecule has 0 aliphatic heterocycles. The fourth-order valence-corrected chi connectivity index (χ4v) is 7.34. The SMILES string of the molecule is c1ccc(-c2ccc(-n3c4ccccc4c4ccccc43)cc2-c2sc(-c3ccccc3)c3ccccc23)cc1. The maximum atomic E-state index is 2.41. The summed E-state index contributed by atoms with van der Waals surface area (Å²) in [5, 5.41) is 5.15. The van der Waals surface area contributed by atoms with Crippen LogP contribution < -0.4 is 0 Å². The zero-order valence-corrected chi connectivity index (χ0v) is 22.6. The van der Waals surface area contributed by atoms with Crippen LogP contribution in [0.25, 0.3) is 70.3 Å². The van der Waals surface area contributed by atoms with Gasteiger partial charge in [0.1, 0.15) is 0 Å². The number of fused-ring (bicyclic) bond motifs is 4. The minimum atomic E-state index is 1.17. The van der Waals surface area contributed by atoms with Gasteiger partial charge in [0.05, 0.1) is 11.0 Å². The first kappa shape index (κ1) is 23.0. The number of thiophene rings is 1. The van der Waals surface area contributed by atoms with Gasteiger partial charge >= 0.3 is 0 Å². The Balaban J connectivity index is 1.45. The molecule has 0 radical (unpaired) electrons. The molecule has 0 N–H and O–H groups in total. The van der Waals surface area contributed by atoms with Crippen LogP contribution in [0.15, 0.2) is 152 Å². The molecule has 40 heavy (non-hydrogen) atoms. The van der Waals surface area contributed by atoms with Crippen LogP contribution >= 0.6 is 11.3 Å². The van der Waals surface area contributed by atoms with Crippen LogP contribution in [0.4, 0.5) is 0 Å². The minimum absolute atomic E-state index is 1.17. The van der Waals surface area contributed by atoms with Gasteiger partial charge in [0.25, 0.3) is 0 Å². The van der Waals surface area contributed by atoms with E-state index >= 15 is 0 Å². The van der Waals surface area contributed by atoms with Crippen molar-refractivity contribution in [2.75, 3.05) is 0 Å². The Morgan fingerprint density at radius 3 is 1.50 bits per heavy atom. The molecule has 0 aliphatic carbocycles. The highest BCUT2D eigenvalue weighted by Gasteiger charge is 2.19. The van der Waals surface area contributed by atoms with E-state index in [4.69, 9.17) is 0 Å². The Morgan fingerprint density at radius 2 is 0.875 bits per heavy atom. The maximum Gasteiger partial charge on any atom is 0.0541 e. The van der Waals surface area contributed by atoms with Crippen molar-refractivity contribution < 1.29 is 0 Å². The van der Waals surface area contributed by atoms with E-state index in [1.165, 1.54) is 70.3 Å². The highest BCUT2D eigenvalue weighted by atomic mass is 32.1. The van der Waals surface area contributed by atoms with E-state index in [2.05, 4.69) is 156 Å². The van der Waals surface area contributed by atoms with Crippen molar-refractivity contribution >= 4 is 43.9 Å². The van der Waals surface area contributed by atoms with Gasteiger partial charge in [-0.1, -0.05) is 127 Å². The van der Waals surface area contributed by atoms with Gasteiger partial charge < -0.3 is 4.57 Å². The number of hydrogen-bond acceptors (Lipinski definition) is 1. The lowest BCUT2D eigenvalue weighted by molar-refractivity contribution is 1.18. The average Bonchev–Trinajstić information content (AvgIpc) is 3.58. The summed E-state index contributed by atoms with van der Waals surface area (Å²) in [6, 6.07) is 54.8. The third kappa shape index (κ3) is 3.61. The lowest BCUT2D eigenvalue weighted by Gasteiger charge is -2.14. The quantitative estimate of drug-likeness (QED) is 0.214. The van der Waals surface area contributed by atoms with E-state index in [0.29, 0.717) is 0 Å². The van der Waals surface area contributed by atoms with Crippen molar-refractivity contribution in [2.24, 2.45) is 0 Å². The topological polar surface area (TPSA) is 4.93 Å².